The van der Waals surface area contributed by atoms with E-state index in [0.29, 0.717) is 0 Å². The molecular formula is C8H18BrN. The van der Waals surface area contributed by atoms with Gasteiger partial charge in [-0.25, -0.2) is 0 Å². The molecule has 0 aliphatic rings. The second kappa shape index (κ2) is 5.14. The summed E-state index contributed by atoms with van der Waals surface area (Å²) in [6.07, 6.45) is 2.53. The van der Waals surface area contributed by atoms with Crippen molar-refractivity contribution >= 4 is 15.9 Å². The molecule has 10 heavy (non-hydrogen) atoms. The summed E-state index contributed by atoms with van der Waals surface area (Å²) < 4.78 is 0. The number of nitrogens with one attached hydrogen (secondary N) is 1. The Kier molecular flexibility index (Phi) is 5.36. The predicted octanol–water partition coefficient (Wildman–Crippen LogP) is 2.55. The summed E-state index contributed by atoms with van der Waals surface area (Å²) in [5, 5.41) is 4.56. The van der Waals surface area contributed by atoms with E-state index in [2.05, 4.69) is 42.0 Å². The van der Waals surface area contributed by atoms with Gasteiger partial charge < -0.3 is 5.32 Å². The lowest BCUT2D eigenvalue weighted by Crippen LogP contribution is -2.36. The van der Waals surface area contributed by atoms with E-state index in [0.717, 1.165) is 11.9 Å². The van der Waals surface area contributed by atoms with Crippen LogP contribution in [0.3, 0.4) is 0 Å². The molecule has 0 radical (unpaired) electrons. The fourth-order valence-electron chi connectivity index (χ4n) is 0.683. The maximum Gasteiger partial charge on any atom is 0.00965 e. The largest absolute Gasteiger partial charge is 0.312 e. The topological polar surface area (TPSA) is 12.0 Å². The summed E-state index contributed by atoms with van der Waals surface area (Å²) >= 11 is 3.40. The number of rotatable bonds is 4. The SMILES string of the molecule is CC(C)(C)NCCCCBr. The molecule has 0 amide bonds. The Hall–Kier alpha value is 0.440. The molecule has 0 rings (SSSR count). The van der Waals surface area contributed by atoms with Gasteiger partial charge >= 0.3 is 0 Å². The number of hydrogen-bond acceptors (Lipinski definition) is 1. The minimum Gasteiger partial charge on any atom is -0.312 e. The Bertz CT molecular complexity index is 75.8. The van der Waals surface area contributed by atoms with Crippen LogP contribution in [0.1, 0.15) is 33.6 Å². The van der Waals surface area contributed by atoms with Gasteiger partial charge in [0, 0.05) is 10.9 Å². The van der Waals surface area contributed by atoms with Gasteiger partial charge in [0.1, 0.15) is 0 Å². The zero-order valence-electron chi connectivity index (χ0n) is 7.21. The highest BCUT2D eigenvalue weighted by Crippen LogP contribution is 1.99. The van der Waals surface area contributed by atoms with E-state index in [1.807, 2.05) is 0 Å². The van der Waals surface area contributed by atoms with Crippen molar-refractivity contribution in [1.29, 1.82) is 0 Å². The third-order valence-electron chi connectivity index (χ3n) is 1.22. The first-order valence-corrected chi connectivity index (χ1v) is 4.99. The fourth-order valence-corrected chi connectivity index (χ4v) is 1.08. The lowest BCUT2D eigenvalue weighted by Gasteiger charge is -2.20. The van der Waals surface area contributed by atoms with E-state index in [1.54, 1.807) is 0 Å². The third kappa shape index (κ3) is 8.44. The molecule has 0 fully saturated rings. The molecule has 0 atom stereocenters. The minimum absolute atomic E-state index is 0.284. The fraction of sp³-hybridized carbons (Fsp3) is 1.00. The monoisotopic (exact) mass is 207 g/mol. The summed E-state index contributed by atoms with van der Waals surface area (Å²) in [6, 6.07) is 0. The van der Waals surface area contributed by atoms with Crippen LogP contribution in [-0.4, -0.2) is 17.4 Å². The highest BCUT2D eigenvalue weighted by molar-refractivity contribution is 9.09. The van der Waals surface area contributed by atoms with E-state index >= 15 is 0 Å². The van der Waals surface area contributed by atoms with Crippen molar-refractivity contribution in [1.82, 2.24) is 5.32 Å². The molecule has 0 aliphatic heterocycles. The molecule has 62 valence electrons. The van der Waals surface area contributed by atoms with Crippen molar-refractivity contribution in [2.24, 2.45) is 0 Å². The highest BCUT2D eigenvalue weighted by atomic mass is 79.9. The van der Waals surface area contributed by atoms with E-state index < -0.39 is 0 Å². The lowest BCUT2D eigenvalue weighted by molar-refractivity contribution is 0.421. The highest BCUT2D eigenvalue weighted by Gasteiger charge is 2.06. The summed E-state index contributed by atoms with van der Waals surface area (Å²) in [5.74, 6) is 0. The first-order chi connectivity index (χ1) is 4.56. The Labute approximate surface area is 72.7 Å². The average Bonchev–Trinajstić information content (AvgIpc) is 1.78. The molecule has 0 aromatic rings. The van der Waals surface area contributed by atoms with Crippen LogP contribution in [-0.2, 0) is 0 Å². The molecule has 1 nitrogen and oxygen atoms in total. The third-order valence-corrected chi connectivity index (χ3v) is 1.78. The maximum atomic E-state index is 3.44. The van der Waals surface area contributed by atoms with Crippen LogP contribution in [0.25, 0.3) is 0 Å². The van der Waals surface area contributed by atoms with Gasteiger partial charge in [-0.1, -0.05) is 15.9 Å². The van der Waals surface area contributed by atoms with E-state index in [4.69, 9.17) is 0 Å². The second-order valence-electron chi connectivity index (χ2n) is 3.57. The number of alkyl halides is 1. The summed E-state index contributed by atoms with van der Waals surface area (Å²) in [7, 11) is 0. The summed E-state index contributed by atoms with van der Waals surface area (Å²) in [5.41, 5.74) is 0.284. The molecular weight excluding hydrogens is 190 g/mol. The van der Waals surface area contributed by atoms with E-state index in [1.165, 1.54) is 12.8 Å². The van der Waals surface area contributed by atoms with Crippen LogP contribution in [0, 0.1) is 0 Å². The summed E-state index contributed by atoms with van der Waals surface area (Å²) in [6.45, 7) is 7.72. The van der Waals surface area contributed by atoms with Crippen LogP contribution in [0.5, 0.6) is 0 Å². The van der Waals surface area contributed by atoms with Crippen molar-refractivity contribution in [3.8, 4) is 0 Å². The van der Waals surface area contributed by atoms with Crippen LogP contribution in [0.2, 0.25) is 0 Å². The number of hydrogen-bond donors (Lipinski definition) is 1. The van der Waals surface area contributed by atoms with Crippen molar-refractivity contribution in [2.75, 3.05) is 11.9 Å². The van der Waals surface area contributed by atoms with Crippen LogP contribution < -0.4 is 5.32 Å². The molecule has 0 spiro atoms. The quantitative estimate of drug-likeness (QED) is 0.553. The Morgan fingerprint density at radius 1 is 1.20 bits per heavy atom. The van der Waals surface area contributed by atoms with Crippen molar-refractivity contribution in [2.45, 2.75) is 39.2 Å². The number of unbranched alkanes of at least 4 members (excludes halogenated alkanes) is 1. The first-order valence-electron chi connectivity index (χ1n) is 3.87. The normalized spacial score (nSPS) is 12.0. The Morgan fingerprint density at radius 3 is 2.20 bits per heavy atom. The molecule has 0 aromatic heterocycles. The van der Waals surface area contributed by atoms with Gasteiger partial charge in [0.15, 0.2) is 0 Å². The van der Waals surface area contributed by atoms with Crippen LogP contribution >= 0.6 is 15.9 Å². The van der Waals surface area contributed by atoms with E-state index in [-0.39, 0.29) is 5.54 Å². The molecule has 0 aromatic carbocycles. The maximum absolute atomic E-state index is 3.44. The van der Waals surface area contributed by atoms with Gasteiger partial charge in [0.2, 0.25) is 0 Å². The Morgan fingerprint density at radius 2 is 1.80 bits per heavy atom. The van der Waals surface area contributed by atoms with Gasteiger partial charge in [-0.3, -0.25) is 0 Å². The minimum atomic E-state index is 0.284. The molecule has 0 unspecified atom stereocenters. The molecule has 0 saturated heterocycles. The second-order valence-corrected chi connectivity index (χ2v) is 4.37. The molecule has 0 saturated carbocycles. The zero-order valence-corrected chi connectivity index (χ0v) is 8.79. The molecule has 0 heterocycles. The summed E-state index contributed by atoms with van der Waals surface area (Å²) in [4.78, 5) is 0. The smallest absolute Gasteiger partial charge is 0.00965 e. The first kappa shape index (κ1) is 10.4. The van der Waals surface area contributed by atoms with Crippen LogP contribution in [0.15, 0.2) is 0 Å². The van der Waals surface area contributed by atoms with Gasteiger partial charge in [0.05, 0.1) is 0 Å². The standard InChI is InChI=1S/C8H18BrN/c1-8(2,3)10-7-5-4-6-9/h10H,4-7H2,1-3H3. The van der Waals surface area contributed by atoms with Gasteiger partial charge in [-0.15, -0.1) is 0 Å². The van der Waals surface area contributed by atoms with Crippen molar-refractivity contribution in [3.05, 3.63) is 0 Å². The number of halogens is 1. The van der Waals surface area contributed by atoms with Gasteiger partial charge in [-0.05, 0) is 40.2 Å². The van der Waals surface area contributed by atoms with Gasteiger partial charge in [-0.2, -0.15) is 0 Å². The Balaban J connectivity index is 3.04. The predicted molar refractivity (Wildman–Crippen MR) is 50.8 cm³/mol. The molecule has 1 N–H and O–H groups in total. The van der Waals surface area contributed by atoms with Crippen LogP contribution in [0.4, 0.5) is 0 Å². The molecule has 0 aliphatic carbocycles. The lowest BCUT2D eigenvalue weighted by atomic mass is 10.1. The molecule has 2 heteroatoms. The van der Waals surface area contributed by atoms with E-state index in [9.17, 15) is 0 Å². The van der Waals surface area contributed by atoms with Crippen molar-refractivity contribution in [3.63, 3.8) is 0 Å². The van der Waals surface area contributed by atoms with Crippen molar-refractivity contribution < 1.29 is 0 Å². The zero-order chi connectivity index (χ0) is 8.04. The van der Waals surface area contributed by atoms with Gasteiger partial charge in [0.25, 0.3) is 0 Å². The average molecular weight is 208 g/mol. The molecule has 0 bridgehead atoms.